The fourth-order valence-electron chi connectivity index (χ4n) is 4.51. The smallest absolute Gasteiger partial charge is 0.274 e. The Balaban J connectivity index is 1.72. The van der Waals surface area contributed by atoms with Crippen LogP contribution in [0, 0.1) is 12.7 Å². The highest BCUT2D eigenvalue weighted by atomic mass is 32.2. The molecule has 0 N–H and O–H groups in total. The predicted molar refractivity (Wildman–Crippen MR) is 118 cm³/mol. The normalized spacial score (nSPS) is 21.4. The molecule has 0 aromatic heterocycles. The monoisotopic (exact) mass is 450 g/mol. The Morgan fingerprint density at radius 3 is 2.28 bits per heavy atom. The Hall–Kier alpha value is -3.52. The van der Waals surface area contributed by atoms with Crippen LogP contribution in [0.5, 0.6) is 0 Å². The molecule has 3 aromatic rings. The zero-order valence-corrected chi connectivity index (χ0v) is 18.0. The Labute approximate surface area is 184 Å². The number of nitrogens with zero attached hydrogens (tertiary/aromatic N) is 2. The van der Waals surface area contributed by atoms with Crippen LogP contribution >= 0.6 is 0 Å². The molecule has 1 atom stereocenters. The Morgan fingerprint density at radius 2 is 1.59 bits per heavy atom. The summed E-state index contributed by atoms with van der Waals surface area (Å²) in [5, 5.41) is 0. The van der Waals surface area contributed by atoms with E-state index >= 15 is 0 Å². The number of anilines is 2. The molecule has 8 heteroatoms. The lowest BCUT2D eigenvalue weighted by atomic mass is 10.0. The average Bonchev–Trinajstić information content (AvgIpc) is 3.13. The number of carbonyl (C=O) groups is 2. The number of aryl methyl sites for hydroxylation is 1. The summed E-state index contributed by atoms with van der Waals surface area (Å²) in [4.78, 5) is 27.1. The van der Waals surface area contributed by atoms with Crippen LogP contribution < -0.4 is 9.80 Å². The minimum atomic E-state index is -4.25. The summed E-state index contributed by atoms with van der Waals surface area (Å²) in [6.07, 6.45) is 0. The van der Waals surface area contributed by atoms with Gasteiger partial charge in [0.25, 0.3) is 10.8 Å². The van der Waals surface area contributed by atoms with Crippen molar-refractivity contribution in [2.75, 3.05) is 15.6 Å². The third-order valence-corrected chi connectivity index (χ3v) is 8.07. The molecule has 2 amide bonds. The van der Waals surface area contributed by atoms with Crippen molar-refractivity contribution in [2.45, 2.75) is 18.3 Å². The second-order valence-electron chi connectivity index (χ2n) is 8.00. The molecule has 0 radical (unpaired) electrons. The number of halogens is 1. The van der Waals surface area contributed by atoms with E-state index in [-0.39, 0.29) is 17.8 Å². The highest BCUT2D eigenvalue weighted by Crippen LogP contribution is 2.52. The second-order valence-corrected chi connectivity index (χ2v) is 10.1. The van der Waals surface area contributed by atoms with Gasteiger partial charge in [-0.3, -0.25) is 14.5 Å². The maximum Gasteiger partial charge on any atom is 0.274 e. The Bertz CT molecular complexity index is 1350. The Kier molecular flexibility index (Phi) is 4.46. The second kappa shape index (κ2) is 7.00. The van der Waals surface area contributed by atoms with Crippen LogP contribution in [0.2, 0.25) is 0 Å². The van der Waals surface area contributed by atoms with Crippen LogP contribution in [0.15, 0.2) is 72.8 Å². The topological polar surface area (TPSA) is 74.8 Å². The van der Waals surface area contributed by atoms with Crippen molar-refractivity contribution in [1.29, 1.82) is 0 Å². The molecule has 1 fully saturated rings. The van der Waals surface area contributed by atoms with Crippen molar-refractivity contribution in [3.63, 3.8) is 0 Å². The number of sulfone groups is 1. The molecule has 0 aliphatic carbocycles. The summed E-state index contributed by atoms with van der Waals surface area (Å²) in [5.41, 5.74) is 2.70. The van der Waals surface area contributed by atoms with Crippen molar-refractivity contribution in [3.05, 3.63) is 95.3 Å². The molecule has 162 valence electrons. The van der Waals surface area contributed by atoms with E-state index in [0.29, 0.717) is 5.69 Å². The van der Waals surface area contributed by atoms with Crippen LogP contribution in [0.4, 0.5) is 15.8 Å². The molecule has 0 unspecified atom stereocenters. The number of hydrogen-bond donors (Lipinski definition) is 0. The third-order valence-electron chi connectivity index (χ3n) is 5.97. The van der Waals surface area contributed by atoms with Crippen LogP contribution in [-0.2, 0) is 30.8 Å². The highest BCUT2D eigenvalue weighted by molar-refractivity contribution is 7.94. The maximum atomic E-state index is 13.9. The lowest BCUT2D eigenvalue weighted by molar-refractivity contribution is -0.123. The number of carbonyl (C=O) groups excluding carboxylic acids is 2. The van der Waals surface area contributed by atoms with Crippen LogP contribution in [0.1, 0.15) is 16.7 Å². The number of benzene rings is 3. The van der Waals surface area contributed by atoms with Crippen LogP contribution in [-0.4, -0.2) is 26.0 Å². The van der Waals surface area contributed by atoms with Crippen molar-refractivity contribution in [2.24, 2.45) is 0 Å². The minimum absolute atomic E-state index is 0.151. The lowest BCUT2D eigenvalue weighted by Gasteiger charge is -2.32. The van der Waals surface area contributed by atoms with Gasteiger partial charge in [-0.15, -0.1) is 0 Å². The molecule has 6 nitrogen and oxygen atoms in total. The van der Waals surface area contributed by atoms with E-state index in [2.05, 4.69) is 0 Å². The van der Waals surface area contributed by atoms with Gasteiger partial charge in [-0.25, -0.2) is 12.8 Å². The van der Waals surface area contributed by atoms with Crippen molar-refractivity contribution < 1.29 is 22.4 Å². The largest absolute Gasteiger partial charge is 0.304 e. The number of rotatable bonds is 3. The summed E-state index contributed by atoms with van der Waals surface area (Å²) in [7, 11) is -4.25. The summed E-state index contributed by atoms with van der Waals surface area (Å²) < 4.78 is 40.5. The number of para-hydroxylation sites is 1. The van der Waals surface area contributed by atoms with Gasteiger partial charge in [-0.1, -0.05) is 48.0 Å². The predicted octanol–water partition coefficient (Wildman–Crippen LogP) is 3.30. The van der Waals surface area contributed by atoms with Gasteiger partial charge in [0, 0.05) is 11.3 Å². The Morgan fingerprint density at radius 1 is 0.938 bits per heavy atom. The van der Waals surface area contributed by atoms with Crippen LogP contribution in [0.3, 0.4) is 0 Å². The molecule has 32 heavy (non-hydrogen) atoms. The molecule has 1 spiro atoms. The van der Waals surface area contributed by atoms with E-state index in [0.717, 1.165) is 28.2 Å². The van der Waals surface area contributed by atoms with Gasteiger partial charge in [0.1, 0.15) is 11.6 Å². The van der Waals surface area contributed by atoms with E-state index in [4.69, 9.17) is 0 Å². The fraction of sp³-hybridized carbons (Fsp3) is 0.167. The quantitative estimate of drug-likeness (QED) is 0.614. The maximum absolute atomic E-state index is 13.9. The molecule has 1 saturated heterocycles. The van der Waals surface area contributed by atoms with Gasteiger partial charge in [0.05, 0.1) is 12.2 Å². The molecular weight excluding hydrogens is 431 g/mol. The summed E-state index contributed by atoms with van der Waals surface area (Å²) in [6, 6.07) is 19.1. The van der Waals surface area contributed by atoms with E-state index < -0.39 is 38.1 Å². The number of amides is 2. The molecule has 0 saturated carbocycles. The van der Waals surface area contributed by atoms with Gasteiger partial charge in [-0.2, -0.15) is 0 Å². The summed E-state index contributed by atoms with van der Waals surface area (Å²) in [6.45, 7) is 2.10. The van der Waals surface area contributed by atoms with Crippen molar-refractivity contribution in [1.82, 2.24) is 0 Å². The van der Waals surface area contributed by atoms with E-state index in [1.165, 1.54) is 17.0 Å². The molecule has 3 aromatic carbocycles. The SMILES string of the molecule is Cc1ccc(CN2C(=O)[C@]3(c4ccccc42)N(c2ccc(F)cc2)C(=O)CS3(=O)=O)cc1. The van der Waals surface area contributed by atoms with E-state index in [1.807, 2.05) is 31.2 Å². The summed E-state index contributed by atoms with van der Waals surface area (Å²) in [5.74, 6) is -2.77. The zero-order chi connectivity index (χ0) is 22.7. The molecule has 2 heterocycles. The van der Waals surface area contributed by atoms with Crippen LogP contribution in [0.25, 0.3) is 0 Å². The lowest BCUT2D eigenvalue weighted by Crippen LogP contribution is -2.54. The van der Waals surface area contributed by atoms with E-state index in [1.54, 1.807) is 24.3 Å². The molecule has 5 rings (SSSR count). The van der Waals surface area contributed by atoms with Gasteiger partial charge < -0.3 is 4.90 Å². The number of hydrogen-bond acceptors (Lipinski definition) is 4. The number of fused-ring (bicyclic) bond motifs is 2. The third kappa shape index (κ3) is 2.72. The minimum Gasteiger partial charge on any atom is -0.304 e. The molecule has 2 aliphatic heterocycles. The van der Waals surface area contributed by atoms with Gasteiger partial charge in [0.15, 0.2) is 9.84 Å². The molecule has 2 aliphatic rings. The highest BCUT2D eigenvalue weighted by Gasteiger charge is 2.69. The fourth-order valence-corrected chi connectivity index (χ4v) is 6.55. The van der Waals surface area contributed by atoms with Gasteiger partial charge >= 0.3 is 0 Å². The first-order valence-corrected chi connectivity index (χ1v) is 11.7. The first-order chi connectivity index (χ1) is 15.3. The van der Waals surface area contributed by atoms with Crippen molar-refractivity contribution in [3.8, 4) is 0 Å². The van der Waals surface area contributed by atoms with Crippen molar-refractivity contribution >= 4 is 33.0 Å². The summed E-state index contributed by atoms with van der Waals surface area (Å²) >= 11 is 0. The molecular formula is C24H19FN2O4S. The average molecular weight is 450 g/mol. The first-order valence-electron chi connectivity index (χ1n) is 10.0. The van der Waals surface area contributed by atoms with Gasteiger partial charge in [0.2, 0.25) is 5.91 Å². The molecule has 0 bridgehead atoms. The van der Waals surface area contributed by atoms with E-state index in [9.17, 15) is 22.4 Å². The first kappa shape index (κ1) is 20.4. The van der Waals surface area contributed by atoms with Gasteiger partial charge in [-0.05, 0) is 42.8 Å². The zero-order valence-electron chi connectivity index (χ0n) is 17.2. The standard InChI is InChI=1S/C24H19FN2O4S/c1-16-6-8-17(9-7-16)14-26-21-5-3-2-4-20(21)24(23(26)29)27(22(28)15-32(24,30)31)19-12-10-18(25)11-13-19/h2-13H,14-15H2,1H3/t24-/m1/s1.